The van der Waals surface area contributed by atoms with Crippen LogP contribution in [0, 0.1) is 11.8 Å². The monoisotopic (exact) mass is 402 g/mol. The molecule has 26 heavy (non-hydrogen) atoms. The number of nitrogens with two attached hydrogens (primary N) is 1. The first-order chi connectivity index (χ1) is 12.0. The second kappa shape index (κ2) is 9.16. The van der Waals surface area contributed by atoms with Crippen molar-refractivity contribution in [3.8, 4) is 11.5 Å². The lowest BCUT2D eigenvalue weighted by atomic mass is 9.98. The van der Waals surface area contributed by atoms with Gasteiger partial charge in [-0.3, -0.25) is 4.79 Å². The number of rotatable bonds is 6. The van der Waals surface area contributed by atoms with Gasteiger partial charge in [-0.15, -0.1) is 12.4 Å². The molecule has 1 aliphatic heterocycles. The van der Waals surface area contributed by atoms with Crippen LogP contribution in [0.3, 0.4) is 0 Å². The van der Waals surface area contributed by atoms with Gasteiger partial charge in [-0.05, 0) is 50.2 Å². The summed E-state index contributed by atoms with van der Waals surface area (Å²) >= 11 is 6.38. The third-order valence-electron chi connectivity index (χ3n) is 5.21. The van der Waals surface area contributed by atoms with E-state index >= 15 is 0 Å². The van der Waals surface area contributed by atoms with Crippen LogP contribution >= 0.6 is 24.0 Å². The van der Waals surface area contributed by atoms with E-state index in [1.807, 2.05) is 18.7 Å². The van der Waals surface area contributed by atoms with Gasteiger partial charge in [-0.1, -0.05) is 18.5 Å². The fourth-order valence-corrected chi connectivity index (χ4v) is 4.22. The maximum Gasteiger partial charge on any atom is 0.254 e. The lowest BCUT2D eigenvalue weighted by Gasteiger charge is -2.20. The molecular weight excluding hydrogens is 375 g/mol. The van der Waals surface area contributed by atoms with Crippen LogP contribution < -0.4 is 15.2 Å². The molecule has 146 valence electrons. The fraction of sp³-hybridized carbons (Fsp3) is 0.632. The molecule has 1 aliphatic carbocycles. The zero-order valence-electron chi connectivity index (χ0n) is 15.4. The second-order valence-electron chi connectivity index (χ2n) is 6.94. The number of hydrogen-bond donors (Lipinski definition) is 1. The predicted molar refractivity (Wildman–Crippen MR) is 106 cm³/mol. The van der Waals surface area contributed by atoms with Crippen molar-refractivity contribution in [3.63, 3.8) is 0 Å². The highest BCUT2D eigenvalue weighted by Crippen LogP contribution is 2.40. The zero-order chi connectivity index (χ0) is 18.0. The third-order valence-corrected chi connectivity index (χ3v) is 5.49. The van der Waals surface area contributed by atoms with E-state index in [4.69, 9.17) is 26.8 Å². The van der Waals surface area contributed by atoms with E-state index in [2.05, 4.69) is 0 Å². The lowest BCUT2D eigenvalue weighted by molar-refractivity contribution is 0.0779. The van der Waals surface area contributed by atoms with Gasteiger partial charge in [0, 0.05) is 24.7 Å². The van der Waals surface area contributed by atoms with E-state index in [0.29, 0.717) is 47.1 Å². The van der Waals surface area contributed by atoms with Gasteiger partial charge in [-0.2, -0.15) is 0 Å². The van der Waals surface area contributed by atoms with E-state index < -0.39 is 0 Å². The van der Waals surface area contributed by atoms with Gasteiger partial charge in [0.25, 0.3) is 5.91 Å². The Balaban J connectivity index is 0.00000243. The molecule has 1 saturated heterocycles. The minimum Gasteiger partial charge on any atom is -0.490 e. The van der Waals surface area contributed by atoms with E-state index in [-0.39, 0.29) is 24.4 Å². The Morgan fingerprint density at radius 3 is 2.69 bits per heavy atom. The van der Waals surface area contributed by atoms with E-state index in [0.717, 1.165) is 32.4 Å². The van der Waals surface area contributed by atoms with E-state index in [1.165, 1.54) is 0 Å². The maximum atomic E-state index is 12.9. The molecular formula is C19H28Cl2N2O3. The Labute approximate surface area is 166 Å². The van der Waals surface area contributed by atoms with Crippen LogP contribution in [0.25, 0.3) is 0 Å². The van der Waals surface area contributed by atoms with E-state index in [1.54, 1.807) is 12.1 Å². The molecule has 1 aromatic carbocycles. The number of hydrogen-bond acceptors (Lipinski definition) is 4. The summed E-state index contributed by atoms with van der Waals surface area (Å²) in [5, 5.41) is 0.416. The van der Waals surface area contributed by atoms with Gasteiger partial charge in [0.1, 0.15) is 0 Å². The summed E-state index contributed by atoms with van der Waals surface area (Å²) in [6, 6.07) is 3.65. The summed E-state index contributed by atoms with van der Waals surface area (Å²) in [5.41, 5.74) is 6.73. The van der Waals surface area contributed by atoms with Crippen molar-refractivity contribution < 1.29 is 14.3 Å². The van der Waals surface area contributed by atoms with Crippen LogP contribution in [0.5, 0.6) is 11.5 Å². The normalized spacial score (nSPS) is 24.2. The van der Waals surface area contributed by atoms with Gasteiger partial charge < -0.3 is 20.1 Å². The highest BCUT2D eigenvalue weighted by atomic mass is 35.5. The number of amides is 1. The number of likely N-dealkylation sites (tertiary alicyclic amines) is 1. The molecule has 1 amide bonds. The summed E-state index contributed by atoms with van der Waals surface area (Å²) in [6.07, 6.45) is 3.06. The summed E-state index contributed by atoms with van der Waals surface area (Å²) < 4.78 is 11.4. The predicted octanol–water partition coefficient (Wildman–Crippen LogP) is 3.76. The van der Waals surface area contributed by atoms with Gasteiger partial charge in [0.2, 0.25) is 0 Å². The van der Waals surface area contributed by atoms with Crippen molar-refractivity contribution in [3.05, 3.63) is 22.7 Å². The summed E-state index contributed by atoms with van der Waals surface area (Å²) in [7, 11) is 0. The Morgan fingerprint density at radius 1 is 1.27 bits per heavy atom. The van der Waals surface area contributed by atoms with Gasteiger partial charge >= 0.3 is 0 Å². The molecule has 1 heterocycles. The van der Waals surface area contributed by atoms with Crippen LogP contribution in [0.2, 0.25) is 5.02 Å². The highest BCUT2D eigenvalue weighted by molar-refractivity contribution is 6.32. The number of nitrogens with zero attached hydrogens (tertiary/aromatic N) is 1. The molecule has 0 radical (unpaired) electrons. The van der Waals surface area contributed by atoms with Crippen molar-refractivity contribution in [2.24, 2.45) is 17.6 Å². The molecule has 2 aliphatic rings. The Morgan fingerprint density at radius 2 is 2.04 bits per heavy atom. The molecule has 7 heteroatoms. The van der Waals surface area contributed by atoms with Crippen molar-refractivity contribution in [1.82, 2.24) is 4.90 Å². The van der Waals surface area contributed by atoms with Crippen LogP contribution in [0.1, 0.15) is 43.5 Å². The number of fused-ring (bicyclic) bond motifs is 1. The Kier molecular flexibility index (Phi) is 7.44. The number of ether oxygens (including phenoxy) is 2. The topological polar surface area (TPSA) is 64.8 Å². The molecule has 3 atom stereocenters. The first-order valence-corrected chi connectivity index (χ1v) is 9.56. The van der Waals surface area contributed by atoms with Crippen LogP contribution in [0.15, 0.2) is 12.1 Å². The van der Waals surface area contributed by atoms with Crippen LogP contribution in [-0.4, -0.2) is 43.2 Å². The first-order valence-electron chi connectivity index (χ1n) is 9.19. The van der Waals surface area contributed by atoms with Crippen molar-refractivity contribution in [2.45, 2.75) is 39.2 Å². The number of carbonyl (C=O) groups is 1. The first kappa shape index (κ1) is 21.1. The molecule has 3 unspecified atom stereocenters. The summed E-state index contributed by atoms with van der Waals surface area (Å²) in [5.74, 6) is 2.00. The van der Waals surface area contributed by atoms with Gasteiger partial charge in [-0.25, -0.2) is 0 Å². The molecule has 1 saturated carbocycles. The lowest BCUT2D eigenvalue weighted by Crippen LogP contribution is -2.33. The summed E-state index contributed by atoms with van der Waals surface area (Å²) in [4.78, 5) is 14.9. The largest absolute Gasteiger partial charge is 0.490 e. The Hall–Kier alpha value is -1.17. The molecule has 0 bridgehead atoms. The molecule has 0 aromatic heterocycles. The van der Waals surface area contributed by atoms with Crippen molar-refractivity contribution in [2.75, 3.05) is 26.3 Å². The maximum absolute atomic E-state index is 12.9. The number of halogens is 2. The van der Waals surface area contributed by atoms with Crippen LogP contribution in [-0.2, 0) is 0 Å². The smallest absolute Gasteiger partial charge is 0.254 e. The second-order valence-corrected chi connectivity index (χ2v) is 7.35. The summed E-state index contributed by atoms with van der Waals surface area (Å²) in [6.45, 7) is 6.49. The standard InChI is InChI=1S/C19H27ClN2O3.ClH/c1-3-7-25-18-15(20)8-13(9-17(18)24-4-2)19(23)22-10-12-5-6-16(21)14(12)11-22;/h8-9,12,14,16H,3-7,10-11,21H2,1-2H3;1H. The quantitative estimate of drug-likeness (QED) is 0.786. The molecule has 5 nitrogen and oxygen atoms in total. The van der Waals surface area contributed by atoms with Crippen molar-refractivity contribution >= 4 is 29.9 Å². The minimum absolute atomic E-state index is 0. The molecule has 2 fully saturated rings. The average molecular weight is 403 g/mol. The number of benzene rings is 1. The Bertz CT molecular complexity index is 641. The number of carbonyl (C=O) groups excluding carboxylic acids is 1. The highest BCUT2D eigenvalue weighted by Gasteiger charge is 2.42. The SMILES string of the molecule is CCCOc1c(Cl)cc(C(=O)N2CC3CCC(N)C3C2)cc1OCC.Cl. The minimum atomic E-state index is -0.00788. The van der Waals surface area contributed by atoms with E-state index in [9.17, 15) is 4.79 Å². The average Bonchev–Trinajstić information content (AvgIpc) is 3.16. The zero-order valence-corrected chi connectivity index (χ0v) is 16.9. The molecule has 1 aromatic rings. The van der Waals surface area contributed by atoms with Crippen LogP contribution in [0.4, 0.5) is 0 Å². The van der Waals surface area contributed by atoms with Crippen molar-refractivity contribution in [1.29, 1.82) is 0 Å². The molecule has 0 spiro atoms. The molecule has 2 N–H and O–H groups in total. The van der Waals surface area contributed by atoms with Gasteiger partial charge in [0.15, 0.2) is 11.5 Å². The molecule has 3 rings (SSSR count). The van der Waals surface area contributed by atoms with Gasteiger partial charge in [0.05, 0.1) is 18.2 Å². The third kappa shape index (κ3) is 4.21. The fourth-order valence-electron chi connectivity index (χ4n) is 3.95.